The second kappa shape index (κ2) is 8.22. The van der Waals surface area contributed by atoms with E-state index in [0.717, 1.165) is 16.0 Å². The molecule has 0 saturated heterocycles. The Morgan fingerprint density at radius 1 is 0.867 bits per heavy atom. The second-order valence-electron chi connectivity index (χ2n) is 7.96. The Balaban J connectivity index is 1.81. The van der Waals surface area contributed by atoms with E-state index in [4.69, 9.17) is 4.74 Å². The third kappa shape index (κ3) is 3.77. The van der Waals surface area contributed by atoms with E-state index in [-0.39, 0.29) is 22.8 Å². The molecule has 6 heteroatoms. The molecule has 0 aromatic heterocycles. The Morgan fingerprint density at radius 3 is 1.93 bits per heavy atom. The molecule has 2 atom stereocenters. The largest absolute Gasteiger partial charge is 0.453 e. The van der Waals surface area contributed by atoms with Gasteiger partial charge in [-0.05, 0) is 56.0 Å². The number of carbonyl (C=O) groups excluding carboxylic acids is 4. The van der Waals surface area contributed by atoms with Gasteiger partial charge in [-0.25, -0.2) is 4.79 Å². The number of ether oxygens (including phenoxy) is 1. The SMILES string of the molecule is Cc1ccc(C(=O)[C@@H](C)OC(=O)[C@@H](C(C)C)N2C(=O)c3ccccc3C2=O)cc1C. The Labute approximate surface area is 175 Å². The van der Waals surface area contributed by atoms with Gasteiger partial charge in [-0.2, -0.15) is 0 Å². The first-order valence-electron chi connectivity index (χ1n) is 9.92. The molecule has 0 spiro atoms. The minimum absolute atomic E-state index is 0.264. The van der Waals surface area contributed by atoms with Crippen LogP contribution in [-0.4, -0.2) is 40.6 Å². The number of aryl methyl sites for hydroxylation is 2. The van der Waals surface area contributed by atoms with Crippen LogP contribution in [0.1, 0.15) is 63.0 Å². The number of nitrogens with zero attached hydrogens (tertiary/aromatic N) is 1. The molecule has 0 bridgehead atoms. The standard InChI is InChI=1S/C24H25NO5/c1-13(2)20(25-22(27)18-8-6-7-9-19(18)23(25)28)24(29)30-16(5)21(26)17-11-10-14(3)15(4)12-17/h6-13,16,20H,1-5H3/t16-,20-/m1/s1. The van der Waals surface area contributed by atoms with Crippen LogP contribution in [0, 0.1) is 19.8 Å². The summed E-state index contributed by atoms with van der Waals surface area (Å²) in [5, 5.41) is 0. The Hall–Kier alpha value is -3.28. The molecule has 1 aliphatic rings. The van der Waals surface area contributed by atoms with Crippen LogP contribution in [0.15, 0.2) is 42.5 Å². The maximum absolute atomic E-state index is 13.0. The van der Waals surface area contributed by atoms with Gasteiger partial charge in [0.1, 0.15) is 6.04 Å². The molecule has 0 radical (unpaired) electrons. The van der Waals surface area contributed by atoms with Gasteiger partial charge in [-0.1, -0.05) is 38.1 Å². The van der Waals surface area contributed by atoms with Crippen LogP contribution in [0.5, 0.6) is 0 Å². The summed E-state index contributed by atoms with van der Waals surface area (Å²) in [5.41, 5.74) is 2.99. The highest BCUT2D eigenvalue weighted by Gasteiger charge is 2.45. The van der Waals surface area contributed by atoms with E-state index in [2.05, 4.69) is 0 Å². The maximum Gasteiger partial charge on any atom is 0.330 e. The van der Waals surface area contributed by atoms with Crippen LogP contribution < -0.4 is 0 Å². The monoisotopic (exact) mass is 407 g/mol. The molecule has 3 rings (SSSR count). The molecule has 2 amide bonds. The average molecular weight is 407 g/mol. The number of amides is 2. The number of carbonyl (C=O) groups is 4. The molecule has 30 heavy (non-hydrogen) atoms. The quantitative estimate of drug-likeness (QED) is 0.414. The molecule has 1 aliphatic heterocycles. The van der Waals surface area contributed by atoms with Crippen LogP contribution in [0.25, 0.3) is 0 Å². The highest BCUT2D eigenvalue weighted by molar-refractivity contribution is 6.22. The lowest BCUT2D eigenvalue weighted by Crippen LogP contribution is -2.49. The fourth-order valence-corrected chi connectivity index (χ4v) is 3.56. The zero-order valence-corrected chi connectivity index (χ0v) is 17.8. The number of Topliss-reactive ketones (excluding diaryl/α,β-unsaturated/α-hetero) is 1. The van der Waals surface area contributed by atoms with Crippen molar-refractivity contribution < 1.29 is 23.9 Å². The normalized spacial score (nSPS) is 15.2. The Morgan fingerprint density at radius 2 is 1.43 bits per heavy atom. The number of hydrogen-bond donors (Lipinski definition) is 0. The van der Waals surface area contributed by atoms with Gasteiger partial charge in [0.05, 0.1) is 11.1 Å². The minimum Gasteiger partial charge on any atom is -0.453 e. The molecule has 0 N–H and O–H groups in total. The van der Waals surface area contributed by atoms with Crippen molar-refractivity contribution in [2.75, 3.05) is 0 Å². The average Bonchev–Trinajstić information content (AvgIpc) is 2.95. The van der Waals surface area contributed by atoms with E-state index in [1.54, 1.807) is 50.2 Å². The van der Waals surface area contributed by atoms with Crippen molar-refractivity contribution in [2.24, 2.45) is 5.92 Å². The van der Waals surface area contributed by atoms with Gasteiger partial charge in [-0.3, -0.25) is 19.3 Å². The third-order valence-electron chi connectivity index (χ3n) is 5.43. The van der Waals surface area contributed by atoms with Crippen molar-refractivity contribution in [1.82, 2.24) is 4.90 Å². The summed E-state index contributed by atoms with van der Waals surface area (Å²) >= 11 is 0. The molecule has 156 valence electrons. The van der Waals surface area contributed by atoms with Crippen molar-refractivity contribution in [3.8, 4) is 0 Å². The van der Waals surface area contributed by atoms with Gasteiger partial charge < -0.3 is 4.74 Å². The molecule has 6 nitrogen and oxygen atoms in total. The van der Waals surface area contributed by atoms with E-state index in [9.17, 15) is 19.2 Å². The zero-order chi connectivity index (χ0) is 22.2. The topological polar surface area (TPSA) is 80.8 Å². The second-order valence-corrected chi connectivity index (χ2v) is 7.96. The van der Waals surface area contributed by atoms with Gasteiger partial charge >= 0.3 is 5.97 Å². The summed E-state index contributed by atoms with van der Waals surface area (Å²) in [4.78, 5) is 52.2. The Bertz CT molecular complexity index is 1000. The van der Waals surface area contributed by atoms with Crippen molar-refractivity contribution in [2.45, 2.75) is 46.8 Å². The lowest BCUT2D eigenvalue weighted by atomic mass is 10.0. The summed E-state index contributed by atoms with van der Waals surface area (Å²) < 4.78 is 5.43. The zero-order valence-electron chi connectivity index (χ0n) is 17.8. The number of benzene rings is 2. The van der Waals surface area contributed by atoms with Gasteiger partial charge in [0, 0.05) is 5.56 Å². The number of imide groups is 1. The summed E-state index contributed by atoms with van der Waals surface area (Å²) in [5.74, 6) is -2.55. The molecular formula is C24H25NO5. The number of rotatable bonds is 6. The third-order valence-corrected chi connectivity index (χ3v) is 5.43. The first-order chi connectivity index (χ1) is 14.1. The predicted octanol–water partition coefficient (Wildman–Crippen LogP) is 3.74. The highest BCUT2D eigenvalue weighted by atomic mass is 16.5. The molecule has 0 saturated carbocycles. The summed E-state index contributed by atoms with van der Waals surface area (Å²) in [7, 11) is 0. The van der Waals surface area contributed by atoms with E-state index in [1.165, 1.54) is 6.92 Å². The van der Waals surface area contributed by atoms with Crippen LogP contribution in [0.3, 0.4) is 0 Å². The van der Waals surface area contributed by atoms with Crippen LogP contribution >= 0.6 is 0 Å². The number of ketones is 1. The van der Waals surface area contributed by atoms with Crippen molar-refractivity contribution >= 4 is 23.6 Å². The molecular weight excluding hydrogens is 382 g/mol. The fraction of sp³-hybridized carbons (Fsp3) is 0.333. The van der Waals surface area contributed by atoms with Crippen molar-refractivity contribution in [3.63, 3.8) is 0 Å². The summed E-state index contributed by atoms with van der Waals surface area (Å²) in [6, 6.07) is 10.6. The molecule has 2 aromatic carbocycles. The summed E-state index contributed by atoms with van der Waals surface area (Å²) in [6.45, 7) is 8.80. The van der Waals surface area contributed by atoms with Crippen LogP contribution in [-0.2, 0) is 9.53 Å². The molecule has 0 unspecified atom stereocenters. The molecule has 2 aromatic rings. The lowest BCUT2D eigenvalue weighted by Gasteiger charge is -2.28. The fourth-order valence-electron chi connectivity index (χ4n) is 3.56. The van der Waals surface area contributed by atoms with Crippen molar-refractivity contribution in [1.29, 1.82) is 0 Å². The van der Waals surface area contributed by atoms with Gasteiger partial charge in [0.25, 0.3) is 11.8 Å². The lowest BCUT2D eigenvalue weighted by molar-refractivity contribution is -0.152. The number of esters is 1. The number of fused-ring (bicyclic) bond motifs is 1. The molecule has 1 heterocycles. The highest BCUT2D eigenvalue weighted by Crippen LogP contribution is 2.28. The first-order valence-corrected chi connectivity index (χ1v) is 9.92. The van der Waals surface area contributed by atoms with Crippen LogP contribution in [0.2, 0.25) is 0 Å². The molecule has 0 aliphatic carbocycles. The van der Waals surface area contributed by atoms with Gasteiger partial charge in [0.15, 0.2) is 6.10 Å². The minimum atomic E-state index is -1.12. The van der Waals surface area contributed by atoms with E-state index >= 15 is 0 Å². The first kappa shape index (κ1) is 21.4. The Kier molecular flexibility index (Phi) is 5.87. The maximum atomic E-state index is 13.0. The molecule has 0 fully saturated rings. The predicted molar refractivity (Wildman–Crippen MR) is 111 cm³/mol. The van der Waals surface area contributed by atoms with Crippen molar-refractivity contribution in [3.05, 3.63) is 70.3 Å². The van der Waals surface area contributed by atoms with Gasteiger partial charge in [-0.15, -0.1) is 0 Å². The smallest absolute Gasteiger partial charge is 0.330 e. The van der Waals surface area contributed by atoms with E-state index in [1.807, 2.05) is 19.9 Å². The number of hydrogen-bond acceptors (Lipinski definition) is 5. The van der Waals surface area contributed by atoms with E-state index in [0.29, 0.717) is 5.56 Å². The summed E-state index contributed by atoms with van der Waals surface area (Å²) in [6.07, 6.45) is -1.05. The van der Waals surface area contributed by atoms with Crippen LogP contribution in [0.4, 0.5) is 0 Å². The van der Waals surface area contributed by atoms with E-state index < -0.39 is 29.9 Å². The van der Waals surface area contributed by atoms with Gasteiger partial charge in [0.2, 0.25) is 5.78 Å².